The molecule has 0 atom stereocenters. The van der Waals surface area contributed by atoms with Gasteiger partial charge in [0, 0.05) is 24.3 Å². The number of nitrogens with zero attached hydrogens (tertiary/aromatic N) is 4. The first-order chi connectivity index (χ1) is 13.6. The van der Waals surface area contributed by atoms with Crippen LogP contribution in [-0.4, -0.2) is 39.0 Å². The van der Waals surface area contributed by atoms with Gasteiger partial charge in [0.25, 0.3) is 5.91 Å². The van der Waals surface area contributed by atoms with Crippen molar-refractivity contribution in [2.45, 2.75) is 39.8 Å². The number of benzene rings is 1. The monoisotopic (exact) mass is 400 g/mol. The molecular weight excluding hydrogens is 376 g/mol. The molecule has 6 nitrogen and oxygen atoms in total. The molecular formula is C21H25ClN4O2. The van der Waals surface area contributed by atoms with Gasteiger partial charge in [-0.15, -0.1) is 0 Å². The van der Waals surface area contributed by atoms with Crippen molar-refractivity contribution in [1.29, 1.82) is 0 Å². The van der Waals surface area contributed by atoms with Crippen LogP contribution in [-0.2, 0) is 13.1 Å². The summed E-state index contributed by atoms with van der Waals surface area (Å²) in [6.07, 6.45) is 3.56. The van der Waals surface area contributed by atoms with E-state index in [1.807, 2.05) is 19.1 Å². The number of rotatable bonds is 8. The van der Waals surface area contributed by atoms with E-state index in [0.717, 1.165) is 36.4 Å². The number of fused-ring (bicyclic) bond motifs is 1. The van der Waals surface area contributed by atoms with Gasteiger partial charge >= 0.3 is 0 Å². The second kappa shape index (κ2) is 9.06. The Hall–Kier alpha value is -2.60. The van der Waals surface area contributed by atoms with Crippen LogP contribution in [0.2, 0.25) is 5.02 Å². The quantitative estimate of drug-likeness (QED) is 0.556. The lowest BCUT2D eigenvalue weighted by Crippen LogP contribution is -2.32. The molecule has 0 aliphatic heterocycles. The van der Waals surface area contributed by atoms with Crippen molar-refractivity contribution in [3.8, 4) is 5.75 Å². The summed E-state index contributed by atoms with van der Waals surface area (Å²) in [4.78, 5) is 24.3. The van der Waals surface area contributed by atoms with E-state index in [4.69, 9.17) is 21.3 Å². The molecule has 28 heavy (non-hydrogen) atoms. The number of ether oxygens (including phenoxy) is 1. The van der Waals surface area contributed by atoms with Gasteiger partial charge in [-0.1, -0.05) is 25.4 Å². The van der Waals surface area contributed by atoms with Crippen LogP contribution in [0.15, 0.2) is 36.5 Å². The van der Waals surface area contributed by atoms with Gasteiger partial charge in [-0.25, -0.2) is 9.97 Å². The molecule has 0 unspecified atom stereocenters. The van der Waals surface area contributed by atoms with Crippen LogP contribution in [0.3, 0.4) is 0 Å². The second-order valence-corrected chi connectivity index (χ2v) is 7.03. The van der Waals surface area contributed by atoms with E-state index in [0.29, 0.717) is 29.4 Å². The molecule has 3 aromatic rings. The summed E-state index contributed by atoms with van der Waals surface area (Å²) in [6.45, 7) is 5.98. The maximum absolute atomic E-state index is 13.3. The number of pyridine rings is 1. The molecule has 2 aromatic heterocycles. The van der Waals surface area contributed by atoms with Crippen molar-refractivity contribution >= 4 is 28.7 Å². The molecule has 2 heterocycles. The molecule has 0 N–H and O–H groups in total. The number of amides is 1. The molecule has 0 bridgehead atoms. The topological polar surface area (TPSA) is 60.2 Å². The van der Waals surface area contributed by atoms with Crippen molar-refractivity contribution in [2.75, 3.05) is 13.7 Å². The molecule has 0 aliphatic rings. The van der Waals surface area contributed by atoms with E-state index in [1.54, 1.807) is 36.4 Å². The highest BCUT2D eigenvalue weighted by Gasteiger charge is 2.22. The Morgan fingerprint density at radius 3 is 2.79 bits per heavy atom. The Kier molecular flexibility index (Phi) is 6.52. The van der Waals surface area contributed by atoms with Crippen LogP contribution < -0.4 is 4.74 Å². The van der Waals surface area contributed by atoms with Crippen molar-refractivity contribution in [2.24, 2.45) is 0 Å². The van der Waals surface area contributed by atoms with E-state index in [1.165, 1.54) is 0 Å². The molecule has 148 valence electrons. The summed E-state index contributed by atoms with van der Waals surface area (Å²) in [5.41, 5.74) is 2.15. The van der Waals surface area contributed by atoms with Gasteiger partial charge in [-0.3, -0.25) is 4.79 Å². The maximum Gasteiger partial charge on any atom is 0.258 e. The van der Waals surface area contributed by atoms with E-state index in [-0.39, 0.29) is 5.91 Å². The Morgan fingerprint density at radius 2 is 2.07 bits per heavy atom. The van der Waals surface area contributed by atoms with Crippen LogP contribution in [0.4, 0.5) is 0 Å². The van der Waals surface area contributed by atoms with Gasteiger partial charge in [-0.2, -0.15) is 0 Å². The van der Waals surface area contributed by atoms with E-state index in [2.05, 4.69) is 16.5 Å². The molecule has 3 rings (SSSR count). The largest absolute Gasteiger partial charge is 0.496 e. The molecule has 0 saturated carbocycles. The van der Waals surface area contributed by atoms with Gasteiger partial charge in [0.2, 0.25) is 0 Å². The van der Waals surface area contributed by atoms with Gasteiger partial charge < -0.3 is 14.2 Å². The standard InChI is InChI=1S/C21H25ClN4O2/c1-4-11-25(21(27)16-13-15(22)8-9-18(16)28-3)14-19-24-17-7-6-10-23-20(17)26(19)12-5-2/h6-10,13H,4-5,11-12,14H2,1-3H3. The highest BCUT2D eigenvalue weighted by atomic mass is 35.5. The summed E-state index contributed by atoms with van der Waals surface area (Å²) in [7, 11) is 1.55. The number of imidazole rings is 1. The van der Waals surface area contributed by atoms with Crippen molar-refractivity contribution in [3.63, 3.8) is 0 Å². The third-order valence-corrected chi connectivity index (χ3v) is 4.77. The van der Waals surface area contributed by atoms with Crippen LogP contribution in [0, 0.1) is 0 Å². The molecule has 7 heteroatoms. The zero-order valence-electron chi connectivity index (χ0n) is 16.5. The van der Waals surface area contributed by atoms with Crippen LogP contribution in [0.5, 0.6) is 5.75 Å². The van der Waals surface area contributed by atoms with E-state index < -0.39 is 0 Å². The zero-order valence-corrected chi connectivity index (χ0v) is 17.2. The fourth-order valence-electron chi connectivity index (χ4n) is 3.30. The Bertz CT molecular complexity index is 970. The number of methoxy groups -OCH3 is 1. The summed E-state index contributed by atoms with van der Waals surface area (Å²) >= 11 is 6.13. The summed E-state index contributed by atoms with van der Waals surface area (Å²) in [6, 6.07) is 8.91. The first-order valence-electron chi connectivity index (χ1n) is 9.52. The fourth-order valence-corrected chi connectivity index (χ4v) is 3.47. The van der Waals surface area contributed by atoms with Gasteiger partial charge in [0.05, 0.1) is 19.2 Å². The minimum atomic E-state index is -0.121. The smallest absolute Gasteiger partial charge is 0.258 e. The molecule has 0 fully saturated rings. The summed E-state index contributed by atoms with van der Waals surface area (Å²) in [5, 5.41) is 0.503. The predicted octanol–water partition coefficient (Wildman–Crippen LogP) is 4.56. The average molecular weight is 401 g/mol. The number of aryl methyl sites for hydroxylation is 1. The van der Waals surface area contributed by atoms with Gasteiger partial charge in [0.1, 0.15) is 17.1 Å². The Morgan fingerprint density at radius 1 is 1.25 bits per heavy atom. The van der Waals surface area contributed by atoms with Gasteiger partial charge in [-0.05, 0) is 43.2 Å². The molecule has 1 amide bonds. The Balaban J connectivity index is 1.98. The minimum Gasteiger partial charge on any atom is -0.496 e. The predicted molar refractivity (Wildman–Crippen MR) is 111 cm³/mol. The molecule has 0 saturated heterocycles. The number of carbonyl (C=O) groups excluding carboxylic acids is 1. The summed E-state index contributed by atoms with van der Waals surface area (Å²) in [5.74, 6) is 1.22. The Labute approximate surface area is 170 Å². The number of aromatic nitrogens is 3. The zero-order chi connectivity index (χ0) is 20.1. The summed E-state index contributed by atoms with van der Waals surface area (Å²) < 4.78 is 7.47. The first kappa shape index (κ1) is 20.1. The maximum atomic E-state index is 13.3. The van der Waals surface area contributed by atoms with Crippen molar-refractivity contribution in [3.05, 3.63) is 52.9 Å². The third-order valence-electron chi connectivity index (χ3n) is 4.53. The van der Waals surface area contributed by atoms with Crippen molar-refractivity contribution in [1.82, 2.24) is 19.4 Å². The SMILES string of the molecule is CCCN(Cc1nc2cccnc2n1CCC)C(=O)c1cc(Cl)ccc1OC. The number of halogens is 1. The fraction of sp³-hybridized carbons (Fsp3) is 0.381. The lowest BCUT2D eigenvalue weighted by Gasteiger charge is -2.23. The third kappa shape index (κ3) is 4.12. The molecule has 0 radical (unpaired) electrons. The minimum absolute atomic E-state index is 0.121. The normalized spacial score (nSPS) is 11.0. The molecule has 1 aromatic carbocycles. The van der Waals surface area contributed by atoms with Crippen LogP contribution in [0.1, 0.15) is 42.9 Å². The van der Waals surface area contributed by atoms with E-state index in [9.17, 15) is 4.79 Å². The van der Waals surface area contributed by atoms with Crippen LogP contribution >= 0.6 is 11.6 Å². The number of hydrogen-bond acceptors (Lipinski definition) is 4. The number of carbonyl (C=O) groups is 1. The highest BCUT2D eigenvalue weighted by molar-refractivity contribution is 6.31. The first-order valence-corrected chi connectivity index (χ1v) is 9.89. The lowest BCUT2D eigenvalue weighted by atomic mass is 10.1. The lowest BCUT2D eigenvalue weighted by molar-refractivity contribution is 0.0734. The van der Waals surface area contributed by atoms with Gasteiger partial charge in [0.15, 0.2) is 5.65 Å². The molecule has 0 spiro atoms. The van der Waals surface area contributed by atoms with Crippen LogP contribution in [0.25, 0.3) is 11.2 Å². The molecule has 0 aliphatic carbocycles. The van der Waals surface area contributed by atoms with Crippen molar-refractivity contribution < 1.29 is 9.53 Å². The second-order valence-electron chi connectivity index (χ2n) is 6.60. The van der Waals surface area contributed by atoms with E-state index >= 15 is 0 Å². The highest BCUT2D eigenvalue weighted by Crippen LogP contribution is 2.25. The average Bonchev–Trinajstić information content (AvgIpc) is 3.04. The number of hydrogen-bond donors (Lipinski definition) is 0.